The summed E-state index contributed by atoms with van der Waals surface area (Å²) in [6.07, 6.45) is 4.21. The molecule has 1 heterocycles. The molecule has 5 heteroatoms. The van der Waals surface area contributed by atoms with E-state index >= 15 is 0 Å². The van der Waals surface area contributed by atoms with Gasteiger partial charge in [-0.05, 0) is 37.5 Å². The maximum absolute atomic E-state index is 5.53. The number of rotatable bonds is 7. The van der Waals surface area contributed by atoms with Gasteiger partial charge in [0.25, 0.3) is 0 Å². The lowest BCUT2D eigenvalue weighted by Crippen LogP contribution is -2.45. The van der Waals surface area contributed by atoms with Gasteiger partial charge in [0.1, 0.15) is 5.75 Å². The first-order valence-electron chi connectivity index (χ1n) is 7.63. The van der Waals surface area contributed by atoms with Crippen molar-refractivity contribution < 1.29 is 4.74 Å². The second kappa shape index (κ2) is 11.8. The van der Waals surface area contributed by atoms with E-state index < -0.39 is 0 Å². The molecule has 1 aliphatic heterocycles. The molecule has 1 aromatic carbocycles. The molecule has 0 saturated carbocycles. The molecule has 0 aromatic heterocycles. The number of nitrogens with one attached hydrogen (secondary N) is 1. The molecule has 2 rings (SSSR count). The van der Waals surface area contributed by atoms with Crippen LogP contribution in [0.25, 0.3) is 0 Å². The van der Waals surface area contributed by atoms with E-state index in [0.717, 1.165) is 51.4 Å². The third-order valence-electron chi connectivity index (χ3n) is 3.81. The quantitative estimate of drug-likeness (QED) is 0.759. The highest BCUT2D eigenvalue weighted by Crippen LogP contribution is 2.27. The van der Waals surface area contributed by atoms with Crippen LogP contribution in [0.4, 0.5) is 0 Å². The van der Waals surface area contributed by atoms with Crippen molar-refractivity contribution in [2.45, 2.75) is 25.8 Å². The lowest BCUT2D eigenvalue weighted by Gasteiger charge is -2.35. The van der Waals surface area contributed by atoms with Crippen LogP contribution in [0, 0.1) is 0 Å². The van der Waals surface area contributed by atoms with Crippen LogP contribution in [0.15, 0.2) is 36.9 Å². The molecule has 1 N–H and O–H groups in total. The van der Waals surface area contributed by atoms with Gasteiger partial charge in [-0.2, -0.15) is 0 Å². The van der Waals surface area contributed by atoms with Gasteiger partial charge in [-0.15, -0.1) is 31.4 Å². The predicted molar refractivity (Wildman–Crippen MR) is 98.7 cm³/mol. The van der Waals surface area contributed by atoms with Crippen molar-refractivity contribution in [2.24, 2.45) is 0 Å². The summed E-state index contributed by atoms with van der Waals surface area (Å²) in [7, 11) is 0. The van der Waals surface area contributed by atoms with Crippen LogP contribution in [0.5, 0.6) is 5.75 Å². The Balaban J connectivity index is 0.00000220. The van der Waals surface area contributed by atoms with Crippen molar-refractivity contribution in [1.82, 2.24) is 10.2 Å². The lowest BCUT2D eigenvalue weighted by atomic mass is 9.99. The SMILES string of the molecule is C=CCC[C@H](c1ccc(OCC)cc1)N1CCNCC1.Cl.Cl. The van der Waals surface area contributed by atoms with Crippen LogP contribution in [-0.4, -0.2) is 37.7 Å². The number of allylic oxidation sites excluding steroid dienone is 1. The minimum absolute atomic E-state index is 0. The third-order valence-corrected chi connectivity index (χ3v) is 3.81. The summed E-state index contributed by atoms with van der Waals surface area (Å²) in [5, 5.41) is 3.42. The number of halogens is 2. The zero-order valence-corrected chi connectivity index (χ0v) is 14.9. The second-order valence-electron chi connectivity index (χ2n) is 5.17. The average Bonchev–Trinajstić information content (AvgIpc) is 2.51. The molecule has 1 aromatic rings. The molecule has 126 valence electrons. The van der Waals surface area contributed by atoms with Crippen LogP contribution in [-0.2, 0) is 0 Å². The number of hydrogen-bond donors (Lipinski definition) is 1. The molecule has 0 amide bonds. The largest absolute Gasteiger partial charge is 0.494 e. The van der Waals surface area contributed by atoms with E-state index in [4.69, 9.17) is 4.74 Å². The fourth-order valence-electron chi connectivity index (χ4n) is 2.78. The fraction of sp³-hybridized carbons (Fsp3) is 0.529. The molecule has 1 fully saturated rings. The molecule has 1 saturated heterocycles. The van der Waals surface area contributed by atoms with Gasteiger partial charge in [0.05, 0.1) is 6.61 Å². The van der Waals surface area contributed by atoms with Crippen LogP contribution >= 0.6 is 24.8 Å². The van der Waals surface area contributed by atoms with Gasteiger partial charge in [-0.3, -0.25) is 4.90 Å². The normalized spacial score (nSPS) is 16.0. The molecular formula is C17H28Cl2N2O. The molecule has 0 aliphatic carbocycles. The van der Waals surface area contributed by atoms with Crippen molar-refractivity contribution in [3.05, 3.63) is 42.5 Å². The Labute approximate surface area is 146 Å². The molecule has 1 aliphatic rings. The summed E-state index contributed by atoms with van der Waals surface area (Å²) < 4.78 is 5.53. The van der Waals surface area contributed by atoms with E-state index in [1.807, 2.05) is 13.0 Å². The minimum atomic E-state index is 0. The molecule has 0 unspecified atom stereocenters. The smallest absolute Gasteiger partial charge is 0.119 e. The first-order chi connectivity index (χ1) is 9.85. The second-order valence-corrected chi connectivity index (χ2v) is 5.17. The van der Waals surface area contributed by atoms with E-state index in [2.05, 4.69) is 41.1 Å². The van der Waals surface area contributed by atoms with Crippen LogP contribution in [0.1, 0.15) is 31.4 Å². The summed E-state index contributed by atoms with van der Waals surface area (Å²) in [6, 6.07) is 9.08. The number of hydrogen-bond acceptors (Lipinski definition) is 3. The molecular weight excluding hydrogens is 319 g/mol. The van der Waals surface area contributed by atoms with Gasteiger partial charge in [0.15, 0.2) is 0 Å². The van der Waals surface area contributed by atoms with Crippen molar-refractivity contribution >= 4 is 24.8 Å². The maximum Gasteiger partial charge on any atom is 0.119 e. The summed E-state index contributed by atoms with van der Waals surface area (Å²) in [4.78, 5) is 2.58. The van der Waals surface area contributed by atoms with Gasteiger partial charge in [-0.1, -0.05) is 18.2 Å². The van der Waals surface area contributed by atoms with E-state index in [0.29, 0.717) is 6.04 Å². The van der Waals surface area contributed by atoms with Gasteiger partial charge < -0.3 is 10.1 Å². The van der Waals surface area contributed by atoms with E-state index in [-0.39, 0.29) is 24.8 Å². The predicted octanol–water partition coefficient (Wildman–Crippen LogP) is 3.84. The molecule has 0 spiro atoms. The van der Waals surface area contributed by atoms with E-state index in [1.165, 1.54) is 5.56 Å². The Bertz CT molecular complexity index is 406. The summed E-state index contributed by atoms with van der Waals surface area (Å²) in [5.74, 6) is 0.957. The number of benzene rings is 1. The number of piperazine rings is 1. The third kappa shape index (κ3) is 6.17. The van der Waals surface area contributed by atoms with Crippen LogP contribution in [0.3, 0.4) is 0 Å². The van der Waals surface area contributed by atoms with E-state index in [1.54, 1.807) is 0 Å². The highest BCUT2D eigenvalue weighted by Gasteiger charge is 2.21. The van der Waals surface area contributed by atoms with Crippen molar-refractivity contribution in [1.29, 1.82) is 0 Å². The summed E-state index contributed by atoms with van der Waals surface area (Å²) in [5.41, 5.74) is 1.39. The monoisotopic (exact) mass is 346 g/mol. The van der Waals surface area contributed by atoms with Crippen molar-refractivity contribution in [2.75, 3.05) is 32.8 Å². The van der Waals surface area contributed by atoms with Gasteiger partial charge in [0.2, 0.25) is 0 Å². The zero-order chi connectivity index (χ0) is 14.2. The highest BCUT2D eigenvalue weighted by atomic mass is 35.5. The van der Waals surface area contributed by atoms with Crippen LogP contribution < -0.4 is 10.1 Å². The summed E-state index contributed by atoms with van der Waals surface area (Å²) in [6.45, 7) is 11.0. The van der Waals surface area contributed by atoms with Gasteiger partial charge in [0, 0.05) is 32.2 Å². The first kappa shape index (κ1) is 21.3. The lowest BCUT2D eigenvalue weighted by molar-refractivity contribution is 0.166. The Kier molecular flexibility index (Phi) is 11.4. The van der Waals surface area contributed by atoms with Crippen LogP contribution in [0.2, 0.25) is 0 Å². The first-order valence-corrected chi connectivity index (χ1v) is 7.63. The maximum atomic E-state index is 5.53. The molecule has 1 atom stereocenters. The molecule has 22 heavy (non-hydrogen) atoms. The Morgan fingerprint density at radius 3 is 2.41 bits per heavy atom. The average molecular weight is 347 g/mol. The fourth-order valence-corrected chi connectivity index (χ4v) is 2.78. The van der Waals surface area contributed by atoms with Gasteiger partial charge >= 0.3 is 0 Å². The van der Waals surface area contributed by atoms with Gasteiger partial charge in [-0.25, -0.2) is 0 Å². The van der Waals surface area contributed by atoms with Crippen molar-refractivity contribution in [3.8, 4) is 5.75 Å². The molecule has 0 radical (unpaired) electrons. The Hall–Kier alpha value is -0.740. The van der Waals surface area contributed by atoms with E-state index in [9.17, 15) is 0 Å². The number of ether oxygens (including phenoxy) is 1. The number of nitrogens with zero attached hydrogens (tertiary/aromatic N) is 1. The zero-order valence-electron chi connectivity index (χ0n) is 13.3. The molecule has 3 nitrogen and oxygen atoms in total. The van der Waals surface area contributed by atoms with Crippen molar-refractivity contribution in [3.63, 3.8) is 0 Å². The Morgan fingerprint density at radius 1 is 1.23 bits per heavy atom. The topological polar surface area (TPSA) is 24.5 Å². The molecule has 0 bridgehead atoms. The highest BCUT2D eigenvalue weighted by molar-refractivity contribution is 5.85. The summed E-state index contributed by atoms with van der Waals surface area (Å²) >= 11 is 0. The Morgan fingerprint density at radius 2 is 1.86 bits per heavy atom. The minimum Gasteiger partial charge on any atom is -0.494 e. The standard InChI is InChI=1S/C17H26N2O.2ClH/c1-3-5-6-17(19-13-11-18-12-14-19)15-7-9-16(10-8-15)20-4-2;;/h3,7-10,17-18H,1,4-6,11-14H2,2H3;2*1H/t17-;;/m1../s1.